The van der Waals surface area contributed by atoms with Gasteiger partial charge in [-0.05, 0) is 36.8 Å². The van der Waals surface area contributed by atoms with Crippen molar-refractivity contribution in [1.29, 1.82) is 0 Å². The summed E-state index contributed by atoms with van der Waals surface area (Å²) in [4.78, 5) is 19.1. The Morgan fingerprint density at radius 1 is 1.53 bits per heavy atom. The van der Waals surface area contributed by atoms with Gasteiger partial charge in [-0.1, -0.05) is 13.3 Å². The summed E-state index contributed by atoms with van der Waals surface area (Å²) in [6.45, 7) is 3.07. The van der Waals surface area contributed by atoms with Crippen LogP contribution < -0.4 is 5.48 Å². The second kappa shape index (κ2) is 7.03. The molecule has 1 aromatic heterocycles. The van der Waals surface area contributed by atoms with E-state index >= 15 is 0 Å². The van der Waals surface area contributed by atoms with Crippen molar-refractivity contribution in [1.82, 2.24) is 5.48 Å². The number of carbonyl (C=O) groups excluding carboxylic acids is 1. The lowest BCUT2D eigenvalue weighted by atomic mass is 9.87. The largest absolute Gasteiger partial charge is 0.382 e. The highest BCUT2D eigenvalue weighted by molar-refractivity contribution is 7.14. The van der Waals surface area contributed by atoms with Gasteiger partial charge < -0.3 is 4.74 Å². The number of rotatable bonds is 6. The van der Waals surface area contributed by atoms with E-state index in [0.717, 1.165) is 23.6 Å². The first-order chi connectivity index (χ1) is 9.24. The zero-order chi connectivity index (χ0) is 13.7. The molecule has 1 aromatic rings. The molecular formula is C14H21NO3S. The van der Waals surface area contributed by atoms with Gasteiger partial charge in [0.05, 0.1) is 18.1 Å². The van der Waals surface area contributed by atoms with Crippen molar-refractivity contribution in [3.05, 3.63) is 21.4 Å². The monoisotopic (exact) mass is 283 g/mol. The molecule has 1 unspecified atom stereocenters. The minimum atomic E-state index is -0.149. The van der Waals surface area contributed by atoms with Crippen molar-refractivity contribution >= 4 is 17.2 Å². The van der Waals surface area contributed by atoms with Gasteiger partial charge in [0.2, 0.25) is 0 Å². The predicted molar refractivity (Wildman–Crippen MR) is 75.4 cm³/mol. The van der Waals surface area contributed by atoms with Gasteiger partial charge in [-0.25, -0.2) is 5.48 Å². The molecule has 2 rings (SSSR count). The highest BCUT2D eigenvalue weighted by Gasteiger charge is 2.21. The van der Waals surface area contributed by atoms with E-state index in [1.807, 2.05) is 6.07 Å². The number of fused-ring (bicyclic) bond motifs is 1. The van der Waals surface area contributed by atoms with Gasteiger partial charge in [0.1, 0.15) is 0 Å². The molecule has 1 N–H and O–H groups in total. The minimum absolute atomic E-state index is 0.149. The standard InChI is InChI=1S/C14H21NO3S/c1-3-10-4-5-12-11(8-10)9-13(19-12)14(16)15-18-7-6-17-2/h9-10H,3-8H2,1-2H3,(H,15,16). The fourth-order valence-corrected chi connectivity index (χ4v) is 3.45. The number of hydrogen-bond donors (Lipinski definition) is 1. The molecule has 19 heavy (non-hydrogen) atoms. The molecule has 1 aliphatic carbocycles. The Balaban J connectivity index is 1.91. The van der Waals surface area contributed by atoms with Gasteiger partial charge in [0.25, 0.3) is 5.91 Å². The lowest BCUT2D eigenvalue weighted by molar-refractivity contribution is 0.00914. The number of methoxy groups -OCH3 is 1. The number of carbonyl (C=O) groups is 1. The molecule has 0 aromatic carbocycles. The predicted octanol–water partition coefficient (Wildman–Crippen LogP) is 2.57. The molecule has 1 atom stereocenters. The molecule has 1 heterocycles. The molecule has 0 fully saturated rings. The van der Waals surface area contributed by atoms with E-state index in [0.29, 0.717) is 13.2 Å². The molecule has 0 spiro atoms. The number of amides is 1. The van der Waals surface area contributed by atoms with E-state index in [1.54, 1.807) is 18.4 Å². The van der Waals surface area contributed by atoms with Gasteiger partial charge in [0.15, 0.2) is 0 Å². The van der Waals surface area contributed by atoms with E-state index in [1.165, 1.54) is 23.3 Å². The Morgan fingerprint density at radius 2 is 2.37 bits per heavy atom. The second-order valence-electron chi connectivity index (χ2n) is 4.85. The fourth-order valence-electron chi connectivity index (χ4n) is 2.35. The molecule has 106 valence electrons. The van der Waals surface area contributed by atoms with Crippen LogP contribution in [0.15, 0.2) is 6.07 Å². The maximum atomic E-state index is 11.9. The van der Waals surface area contributed by atoms with Gasteiger partial charge in [0, 0.05) is 12.0 Å². The van der Waals surface area contributed by atoms with Crippen molar-refractivity contribution in [3.8, 4) is 0 Å². The maximum absolute atomic E-state index is 11.9. The van der Waals surface area contributed by atoms with Crippen molar-refractivity contribution < 1.29 is 14.4 Å². The number of thiophene rings is 1. The number of aryl methyl sites for hydroxylation is 1. The highest BCUT2D eigenvalue weighted by atomic mass is 32.1. The molecule has 0 saturated heterocycles. The number of hydrogen-bond acceptors (Lipinski definition) is 4. The maximum Gasteiger partial charge on any atom is 0.284 e. The normalized spacial score (nSPS) is 18.1. The Hall–Kier alpha value is -0.910. The summed E-state index contributed by atoms with van der Waals surface area (Å²) >= 11 is 1.60. The highest BCUT2D eigenvalue weighted by Crippen LogP contribution is 2.33. The molecule has 0 saturated carbocycles. The lowest BCUT2D eigenvalue weighted by Crippen LogP contribution is -2.24. The smallest absolute Gasteiger partial charge is 0.284 e. The van der Waals surface area contributed by atoms with Crippen LogP contribution in [0, 0.1) is 5.92 Å². The second-order valence-corrected chi connectivity index (χ2v) is 5.99. The quantitative estimate of drug-likeness (QED) is 0.645. The third kappa shape index (κ3) is 3.78. The Kier molecular flexibility index (Phi) is 5.36. The van der Waals surface area contributed by atoms with Gasteiger partial charge in [-0.2, -0.15) is 0 Å². The summed E-state index contributed by atoms with van der Waals surface area (Å²) in [6.07, 6.45) is 4.68. The zero-order valence-electron chi connectivity index (χ0n) is 11.5. The Bertz CT molecular complexity index is 430. The van der Waals surface area contributed by atoms with Gasteiger partial charge >= 0.3 is 0 Å². The van der Waals surface area contributed by atoms with E-state index in [-0.39, 0.29) is 5.91 Å². The van der Waals surface area contributed by atoms with Crippen LogP contribution in [0.2, 0.25) is 0 Å². The topological polar surface area (TPSA) is 47.6 Å². The third-order valence-electron chi connectivity index (χ3n) is 3.54. The van der Waals surface area contributed by atoms with Crippen LogP contribution >= 0.6 is 11.3 Å². The fraction of sp³-hybridized carbons (Fsp3) is 0.643. The molecule has 1 aliphatic rings. The summed E-state index contributed by atoms with van der Waals surface area (Å²) < 4.78 is 4.85. The molecule has 0 bridgehead atoms. The van der Waals surface area contributed by atoms with Crippen LogP contribution in [0.3, 0.4) is 0 Å². The average Bonchev–Trinajstić information content (AvgIpc) is 2.86. The lowest BCUT2D eigenvalue weighted by Gasteiger charge is -2.19. The van der Waals surface area contributed by atoms with Crippen LogP contribution in [0.4, 0.5) is 0 Å². The number of ether oxygens (including phenoxy) is 1. The molecule has 4 nitrogen and oxygen atoms in total. The molecular weight excluding hydrogens is 262 g/mol. The van der Waals surface area contributed by atoms with Crippen LogP contribution in [0.25, 0.3) is 0 Å². The minimum Gasteiger partial charge on any atom is -0.382 e. The summed E-state index contributed by atoms with van der Waals surface area (Å²) in [5, 5.41) is 0. The van der Waals surface area contributed by atoms with Crippen molar-refractivity contribution in [2.45, 2.75) is 32.6 Å². The van der Waals surface area contributed by atoms with Crippen LogP contribution in [0.1, 0.15) is 39.9 Å². The van der Waals surface area contributed by atoms with Crippen molar-refractivity contribution in [2.75, 3.05) is 20.3 Å². The number of hydroxylamine groups is 1. The van der Waals surface area contributed by atoms with E-state index in [9.17, 15) is 4.79 Å². The SMILES string of the molecule is CCC1CCc2sc(C(=O)NOCCOC)cc2C1. The summed E-state index contributed by atoms with van der Waals surface area (Å²) in [5.41, 5.74) is 3.81. The van der Waals surface area contributed by atoms with Gasteiger partial charge in [-0.3, -0.25) is 9.63 Å². The molecule has 1 amide bonds. The first-order valence-electron chi connectivity index (χ1n) is 6.77. The third-order valence-corrected chi connectivity index (χ3v) is 4.78. The average molecular weight is 283 g/mol. The molecule has 5 heteroatoms. The molecule has 0 radical (unpaired) electrons. The van der Waals surface area contributed by atoms with E-state index < -0.39 is 0 Å². The Morgan fingerprint density at radius 3 is 3.11 bits per heavy atom. The van der Waals surface area contributed by atoms with Crippen molar-refractivity contribution in [2.24, 2.45) is 5.92 Å². The summed E-state index contributed by atoms with van der Waals surface area (Å²) in [5.74, 6) is 0.625. The Labute approximate surface area is 118 Å². The summed E-state index contributed by atoms with van der Waals surface area (Å²) in [6, 6.07) is 2.02. The molecule has 0 aliphatic heterocycles. The first-order valence-corrected chi connectivity index (χ1v) is 7.58. The first kappa shape index (κ1) is 14.5. The van der Waals surface area contributed by atoms with Crippen molar-refractivity contribution in [3.63, 3.8) is 0 Å². The zero-order valence-corrected chi connectivity index (χ0v) is 12.3. The van der Waals surface area contributed by atoms with Crippen LogP contribution in [-0.2, 0) is 22.4 Å². The summed E-state index contributed by atoms with van der Waals surface area (Å²) in [7, 11) is 1.60. The van der Waals surface area contributed by atoms with Crippen LogP contribution in [0.5, 0.6) is 0 Å². The van der Waals surface area contributed by atoms with Gasteiger partial charge in [-0.15, -0.1) is 11.3 Å². The van der Waals surface area contributed by atoms with E-state index in [4.69, 9.17) is 9.57 Å². The van der Waals surface area contributed by atoms with E-state index in [2.05, 4.69) is 12.4 Å². The number of nitrogens with one attached hydrogen (secondary N) is 1. The van der Waals surface area contributed by atoms with Crippen LogP contribution in [-0.4, -0.2) is 26.2 Å².